The van der Waals surface area contributed by atoms with Crippen molar-refractivity contribution in [1.82, 2.24) is 25.3 Å². The first-order valence-electron chi connectivity index (χ1n) is 9.23. The molecule has 0 spiro atoms. The topological polar surface area (TPSA) is 122 Å². The van der Waals surface area contributed by atoms with Crippen LogP contribution in [0.25, 0.3) is 0 Å². The van der Waals surface area contributed by atoms with Crippen LogP contribution < -0.4 is 10.6 Å². The van der Waals surface area contributed by atoms with Gasteiger partial charge in [-0.2, -0.15) is 0 Å². The molecule has 150 valence electrons. The summed E-state index contributed by atoms with van der Waals surface area (Å²) in [6.45, 7) is 6.79. The normalized spacial score (nSPS) is 14.6. The summed E-state index contributed by atoms with van der Waals surface area (Å²) < 4.78 is 10.0. The van der Waals surface area contributed by atoms with Crippen LogP contribution >= 0.6 is 0 Å². The number of nitrogens with one attached hydrogen (secondary N) is 2. The molecule has 28 heavy (non-hydrogen) atoms. The van der Waals surface area contributed by atoms with E-state index in [2.05, 4.69) is 25.8 Å². The number of likely N-dealkylation sites (tertiary alicyclic amines) is 1. The molecule has 2 aromatic rings. The van der Waals surface area contributed by atoms with E-state index in [-0.39, 0.29) is 29.7 Å². The molecule has 1 fully saturated rings. The Kier molecular flexibility index (Phi) is 6.07. The summed E-state index contributed by atoms with van der Waals surface area (Å²) in [6.07, 6.45) is 1.02. The third-order valence-corrected chi connectivity index (χ3v) is 4.31. The third kappa shape index (κ3) is 4.96. The number of anilines is 2. The van der Waals surface area contributed by atoms with E-state index >= 15 is 0 Å². The first-order chi connectivity index (χ1) is 13.4. The molecule has 0 aliphatic carbocycles. The average Bonchev–Trinajstić information content (AvgIpc) is 3.06. The molecule has 0 radical (unpaired) electrons. The van der Waals surface area contributed by atoms with Crippen LogP contribution in [0.2, 0.25) is 0 Å². The average molecular weight is 388 g/mol. The highest BCUT2D eigenvalue weighted by molar-refractivity contribution is 5.92. The molecule has 0 bridgehead atoms. The summed E-state index contributed by atoms with van der Waals surface area (Å²) in [7, 11) is 0. The van der Waals surface area contributed by atoms with Crippen molar-refractivity contribution >= 4 is 23.8 Å². The predicted octanol–water partition coefficient (Wildman–Crippen LogP) is 2.18. The summed E-state index contributed by atoms with van der Waals surface area (Å²) in [5, 5.41) is 9.74. The number of hydrogen-bond acceptors (Lipinski definition) is 8. The summed E-state index contributed by atoms with van der Waals surface area (Å²) in [5.74, 6) is 1.12. The van der Waals surface area contributed by atoms with Crippen LogP contribution in [0.4, 0.5) is 16.6 Å². The second kappa shape index (κ2) is 8.68. The molecular weight excluding hydrogens is 364 g/mol. The zero-order valence-electron chi connectivity index (χ0n) is 16.2. The molecule has 1 aliphatic heterocycles. The highest BCUT2D eigenvalue weighted by atomic mass is 16.6. The van der Waals surface area contributed by atoms with Gasteiger partial charge in [0.1, 0.15) is 11.5 Å². The molecule has 3 rings (SSSR count). The van der Waals surface area contributed by atoms with Crippen LogP contribution in [0.15, 0.2) is 16.7 Å². The maximum atomic E-state index is 12.6. The molecule has 2 N–H and O–H groups in total. The fourth-order valence-electron chi connectivity index (χ4n) is 2.96. The van der Waals surface area contributed by atoms with Gasteiger partial charge in [0.15, 0.2) is 5.82 Å². The van der Waals surface area contributed by atoms with Crippen LogP contribution in [-0.4, -0.2) is 57.8 Å². The monoisotopic (exact) mass is 388 g/mol. The Morgan fingerprint density at radius 2 is 2.00 bits per heavy atom. The second-order valence-corrected chi connectivity index (χ2v) is 6.60. The number of ether oxygens (including phenoxy) is 1. The minimum atomic E-state index is -0.308. The summed E-state index contributed by atoms with van der Waals surface area (Å²) in [4.78, 5) is 34.6. The number of aryl methyl sites for hydroxylation is 2. The van der Waals surface area contributed by atoms with E-state index in [9.17, 15) is 9.59 Å². The zero-order valence-corrected chi connectivity index (χ0v) is 16.2. The Hall–Kier alpha value is -3.17. The third-order valence-electron chi connectivity index (χ3n) is 4.31. The lowest BCUT2D eigenvalue weighted by molar-refractivity contribution is 0.0856. The van der Waals surface area contributed by atoms with Crippen molar-refractivity contribution in [3.63, 3.8) is 0 Å². The predicted molar refractivity (Wildman–Crippen MR) is 100 cm³/mol. The SMILES string of the molecule is CCOC(=O)N1CCC(NC(=O)c2cc(C)nc(Nc3cc(C)on3)n2)CC1. The van der Waals surface area contributed by atoms with E-state index in [1.54, 1.807) is 37.8 Å². The molecule has 10 heteroatoms. The number of rotatable bonds is 5. The van der Waals surface area contributed by atoms with Crippen molar-refractivity contribution < 1.29 is 18.8 Å². The first kappa shape index (κ1) is 19.6. The number of nitrogens with zero attached hydrogens (tertiary/aromatic N) is 4. The molecule has 0 aromatic carbocycles. The Balaban J connectivity index is 1.59. The lowest BCUT2D eigenvalue weighted by atomic mass is 10.1. The fraction of sp³-hybridized carbons (Fsp3) is 0.500. The molecule has 2 aromatic heterocycles. The van der Waals surface area contributed by atoms with Crippen molar-refractivity contribution in [2.75, 3.05) is 25.0 Å². The molecule has 10 nitrogen and oxygen atoms in total. The molecule has 0 unspecified atom stereocenters. The standard InChI is InChI=1S/C18H24N6O4/c1-4-27-18(26)24-7-5-13(6-8-24)20-16(25)14-9-11(2)19-17(21-14)22-15-10-12(3)28-23-15/h9-10,13H,4-8H2,1-3H3,(H,20,25)(H,19,21,22,23). The van der Waals surface area contributed by atoms with Gasteiger partial charge in [-0.1, -0.05) is 5.16 Å². The van der Waals surface area contributed by atoms with Gasteiger partial charge in [0, 0.05) is 30.9 Å². The van der Waals surface area contributed by atoms with Gasteiger partial charge >= 0.3 is 6.09 Å². The summed E-state index contributed by atoms with van der Waals surface area (Å²) in [5.41, 5.74) is 0.919. The Morgan fingerprint density at radius 3 is 2.64 bits per heavy atom. The number of carbonyl (C=O) groups excluding carboxylic acids is 2. The van der Waals surface area contributed by atoms with E-state index in [1.807, 2.05) is 0 Å². The van der Waals surface area contributed by atoms with Gasteiger partial charge in [-0.05, 0) is 39.7 Å². The Bertz CT molecular complexity index is 844. The number of aromatic nitrogens is 3. The van der Waals surface area contributed by atoms with Crippen molar-refractivity contribution in [2.45, 2.75) is 39.7 Å². The van der Waals surface area contributed by atoms with Gasteiger partial charge in [-0.15, -0.1) is 0 Å². The van der Waals surface area contributed by atoms with Gasteiger partial charge in [0.2, 0.25) is 5.95 Å². The van der Waals surface area contributed by atoms with Crippen LogP contribution in [0.3, 0.4) is 0 Å². The van der Waals surface area contributed by atoms with Gasteiger partial charge in [-0.25, -0.2) is 14.8 Å². The summed E-state index contributed by atoms with van der Waals surface area (Å²) in [6, 6.07) is 3.31. The molecule has 0 atom stereocenters. The fourth-order valence-corrected chi connectivity index (χ4v) is 2.96. The molecule has 1 saturated heterocycles. The number of carbonyl (C=O) groups is 2. The smallest absolute Gasteiger partial charge is 0.409 e. The van der Waals surface area contributed by atoms with E-state index in [1.165, 1.54) is 0 Å². The van der Waals surface area contributed by atoms with Crippen LogP contribution in [0, 0.1) is 13.8 Å². The highest BCUT2D eigenvalue weighted by Crippen LogP contribution is 2.15. The lowest BCUT2D eigenvalue weighted by Crippen LogP contribution is -2.46. The van der Waals surface area contributed by atoms with E-state index in [0.717, 1.165) is 0 Å². The number of hydrogen-bond donors (Lipinski definition) is 2. The van der Waals surface area contributed by atoms with Gasteiger partial charge < -0.3 is 24.8 Å². The van der Waals surface area contributed by atoms with Crippen LogP contribution in [0.1, 0.15) is 41.7 Å². The molecule has 2 amide bonds. The molecule has 3 heterocycles. The highest BCUT2D eigenvalue weighted by Gasteiger charge is 2.25. The van der Waals surface area contributed by atoms with Crippen molar-refractivity contribution in [3.05, 3.63) is 29.3 Å². The maximum absolute atomic E-state index is 12.6. The second-order valence-electron chi connectivity index (χ2n) is 6.60. The Morgan fingerprint density at radius 1 is 1.25 bits per heavy atom. The summed E-state index contributed by atoms with van der Waals surface area (Å²) >= 11 is 0. The van der Waals surface area contributed by atoms with E-state index in [0.29, 0.717) is 49.8 Å². The van der Waals surface area contributed by atoms with E-state index in [4.69, 9.17) is 9.26 Å². The van der Waals surface area contributed by atoms with Gasteiger partial charge in [0.25, 0.3) is 5.91 Å². The minimum absolute atomic E-state index is 0.0250. The zero-order chi connectivity index (χ0) is 20.1. The van der Waals surface area contributed by atoms with Crippen molar-refractivity contribution in [1.29, 1.82) is 0 Å². The molecule has 0 saturated carbocycles. The van der Waals surface area contributed by atoms with Crippen molar-refractivity contribution in [2.24, 2.45) is 0 Å². The van der Waals surface area contributed by atoms with Crippen LogP contribution in [-0.2, 0) is 4.74 Å². The number of amides is 2. The van der Waals surface area contributed by atoms with E-state index < -0.39 is 0 Å². The molecule has 1 aliphatic rings. The largest absolute Gasteiger partial charge is 0.450 e. The van der Waals surface area contributed by atoms with Gasteiger partial charge in [0.05, 0.1) is 6.61 Å². The maximum Gasteiger partial charge on any atom is 0.409 e. The van der Waals surface area contributed by atoms with Gasteiger partial charge in [-0.3, -0.25) is 4.79 Å². The Labute approximate surface area is 162 Å². The number of piperidine rings is 1. The molecular formula is C18H24N6O4. The minimum Gasteiger partial charge on any atom is -0.450 e. The van der Waals surface area contributed by atoms with Crippen molar-refractivity contribution in [3.8, 4) is 0 Å². The van der Waals surface area contributed by atoms with Crippen LogP contribution in [0.5, 0.6) is 0 Å². The quantitative estimate of drug-likeness (QED) is 0.799. The lowest BCUT2D eigenvalue weighted by Gasteiger charge is -2.31. The first-order valence-corrected chi connectivity index (χ1v) is 9.23.